The molecule has 0 bridgehead atoms. The number of piperazine rings is 1. The molecule has 25 heavy (non-hydrogen) atoms. The van der Waals surface area contributed by atoms with Crippen molar-refractivity contribution in [2.75, 3.05) is 50.7 Å². The zero-order chi connectivity index (χ0) is 17.6. The van der Waals surface area contributed by atoms with Crippen LogP contribution >= 0.6 is 11.6 Å². The van der Waals surface area contributed by atoms with Crippen molar-refractivity contribution in [3.05, 3.63) is 29.3 Å². The van der Waals surface area contributed by atoms with Crippen LogP contribution < -0.4 is 10.6 Å². The Morgan fingerprint density at radius 3 is 2.28 bits per heavy atom. The maximum absolute atomic E-state index is 12.0. The van der Waals surface area contributed by atoms with Gasteiger partial charge in [0.05, 0.1) is 6.54 Å². The number of likely N-dealkylation sites (tertiary alicyclic amines) is 1. The van der Waals surface area contributed by atoms with Gasteiger partial charge in [-0.1, -0.05) is 11.6 Å². The van der Waals surface area contributed by atoms with Crippen molar-refractivity contribution >= 4 is 29.2 Å². The average molecular weight is 364 g/mol. The first-order chi connectivity index (χ1) is 12.1. The van der Waals surface area contributed by atoms with Gasteiger partial charge in [0.15, 0.2) is 5.96 Å². The van der Waals surface area contributed by atoms with Crippen LogP contribution in [0, 0.1) is 0 Å². The van der Waals surface area contributed by atoms with Gasteiger partial charge in [0, 0.05) is 56.4 Å². The normalized spacial score (nSPS) is 18.8. The fourth-order valence-corrected chi connectivity index (χ4v) is 3.46. The highest BCUT2D eigenvalue weighted by molar-refractivity contribution is 6.30. The number of amides is 1. The van der Waals surface area contributed by atoms with E-state index >= 15 is 0 Å². The van der Waals surface area contributed by atoms with Crippen molar-refractivity contribution in [3.8, 4) is 0 Å². The molecule has 0 saturated carbocycles. The van der Waals surface area contributed by atoms with E-state index in [0.29, 0.717) is 18.9 Å². The van der Waals surface area contributed by atoms with Gasteiger partial charge in [0.25, 0.3) is 0 Å². The Hall–Kier alpha value is -1.95. The first-order valence-electron chi connectivity index (χ1n) is 8.96. The number of benzene rings is 1. The predicted molar refractivity (Wildman–Crippen MR) is 102 cm³/mol. The molecular formula is C18H26ClN5O. The number of carbonyl (C=O) groups is 1. The molecule has 2 saturated heterocycles. The fraction of sp³-hybridized carbons (Fsp3) is 0.556. The van der Waals surface area contributed by atoms with Crippen LogP contribution in [-0.2, 0) is 4.79 Å². The van der Waals surface area contributed by atoms with E-state index in [1.807, 2.05) is 29.2 Å². The number of nitrogens with two attached hydrogens (primary N) is 1. The second-order valence-corrected chi connectivity index (χ2v) is 6.96. The minimum atomic E-state index is 0.196. The fourth-order valence-electron chi connectivity index (χ4n) is 3.34. The molecule has 0 spiro atoms. The summed E-state index contributed by atoms with van der Waals surface area (Å²) in [5.41, 5.74) is 7.28. The molecule has 1 aromatic rings. The van der Waals surface area contributed by atoms with Crippen molar-refractivity contribution < 1.29 is 4.79 Å². The lowest BCUT2D eigenvalue weighted by Crippen LogP contribution is -2.51. The van der Waals surface area contributed by atoms with Gasteiger partial charge >= 0.3 is 0 Å². The minimum absolute atomic E-state index is 0.196. The topological polar surface area (TPSA) is 65.2 Å². The summed E-state index contributed by atoms with van der Waals surface area (Å²) in [5.74, 6) is 0.742. The van der Waals surface area contributed by atoms with E-state index in [9.17, 15) is 4.79 Å². The Labute approximate surface area is 154 Å². The highest BCUT2D eigenvalue weighted by Gasteiger charge is 2.19. The van der Waals surface area contributed by atoms with Crippen molar-refractivity contribution in [2.45, 2.75) is 19.3 Å². The third-order valence-electron chi connectivity index (χ3n) is 4.85. The summed E-state index contributed by atoms with van der Waals surface area (Å²) in [6, 6.07) is 7.91. The number of guanidine groups is 1. The number of aliphatic imine (C=N–C) groups is 1. The molecular weight excluding hydrogens is 338 g/mol. The monoisotopic (exact) mass is 363 g/mol. The first kappa shape index (κ1) is 17.9. The molecule has 1 aromatic carbocycles. The lowest BCUT2D eigenvalue weighted by molar-refractivity contribution is -0.129. The maximum Gasteiger partial charge on any atom is 0.224 e. The van der Waals surface area contributed by atoms with Crippen LogP contribution in [0.4, 0.5) is 5.69 Å². The summed E-state index contributed by atoms with van der Waals surface area (Å²) in [5, 5.41) is 0.752. The lowest BCUT2D eigenvalue weighted by atomic mass is 10.2. The molecule has 2 aliphatic heterocycles. The summed E-state index contributed by atoms with van der Waals surface area (Å²) in [4.78, 5) is 22.8. The molecule has 136 valence electrons. The van der Waals surface area contributed by atoms with Gasteiger partial charge in [-0.2, -0.15) is 0 Å². The molecule has 2 heterocycles. The molecule has 7 heteroatoms. The number of rotatable bonds is 4. The van der Waals surface area contributed by atoms with Crippen molar-refractivity contribution in [3.63, 3.8) is 0 Å². The highest BCUT2D eigenvalue weighted by Crippen LogP contribution is 2.19. The van der Waals surface area contributed by atoms with Crippen LogP contribution in [-0.4, -0.2) is 67.5 Å². The number of hydrogen-bond acceptors (Lipinski definition) is 3. The predicted octanol–water partition coefficient (Wildman–Crippen LogP) is 1.79. The number of carbonyl (C=O) groups excluding carboxylic acids is 1. The lowest BCUT2D eigenvalue weighted by Gasteiger charge is -2.36. The largest absolute Gasteiger partial charge is 0.370 e. The molecule has 2 fully saturated rings. The first-order valence-corrected chi connectivity index (χ1v) is 9.34. The van der Waals surface area contributed by atoms with Gasteiger partial charge in [-0.25, -0.2) is 0 Å². The number of hydrogen-bond donors (Lipinski definition) is 1. The summed E-state index contributed by atoms with van der Waals surface area (Å²) in [6.45, 7) is 5.71. The summed E-state index contributed by atoms with van der Waals surface area (Å²) in [6.07, 6.45) is 2.69. The van der Waals surface area contributed by atoms with Gasteiger partial charge in [0.1, 0.15) is 0 Å². The van der Waals surface area contributed by atoms with E-state index in [4.69, 9.17) is 17.3 Å². The van der Waals surface area contributed by atoms with E-state index in [0.717, 1.165) is 57.1 Å². The third-order valence-corrected chi connectivity index (χ3v) is 5.11. The second kappa shape index (κ2) is 8.43. The zero-order valence-electron chi connectivity index (χ0n) is 14.5. The standard InChI is InChI=1S/C18H26ClN5O/c19-15-3-5-16(6-4-15)22-11-13-24(14-12-22)18(20)21-8-7-17(25)23-9-1-2-10-23/h3-6H,1-2,7-14H2,(H2,20,21). The summed E-state index contributed by atoms with van der Waals surface area (Å²) >= 11 is 5.94. The summed E-state index contributed by atoms with van der Waals surface area (Å²) in [7, 11) is 0. The van der Waals surface area contributed by atoms with Crippen LogP contribution in [0.25, 0.3) is 0 Å². The Morgan fingerprint density at radius 1 is 1.00 bits per heavy atom. The smallest absolute Gasteiger partial charge is 0.224 e. The van der Waals surface area contributed by atoms with Crippen molar-refractivity contribution in [1.29, 1.82) is 0 Å². The Bertz CT molecular complexity index is 604. The summed E-state index contributed by atoms with van der Waals surface area (Å²) < 4.78 is 0. The quantitative estimate of drug-likeness (QED) is 0.654. The Kier molecular flexibility index (Phi) is 6.02. The molecule has 1 amide bonds. The second-order valence-electron chi connectivity index (χ2n) is 6.53. The van der Waals surface area contributed by atoms with Gasteiger partial charge in [-0.15, -0.1) is 0 Å². The Balaban J connectivity index is 1.43. The molecule has 2 aliphatic rings. The molecule has 2 N–H and O–H groups in total. The highest BCUT2D eigenvalue weighted by atomic mass is 35.5. The molecule has 6 nitrogen and oxygen atoms in total. The van der Waals surface area contributed by atoms with Crippen LogP contribution in [0.2, 0.25) is 5.02 Å². The van der Waals surface area contributed by atoms with Gasteiger partial charge in [0.2, 0.25) is 5.91 Å². The number of halogens is 1. The van der Waals surface area contributed by atoms with E-state index in [2.05, 4.69) is 14.8 Å². The van der Waals surface area contributed by atoms with Crippen molar-refractivity contribution in [2.24, 2.45) is 10.7 Å². The van der Waals surface area contributed by atoms with Crippen LogP contribution in [0.15, 0.2) is 29.3 Å². The third kappa shape index (κ3) is 4.78. The molecule has 0 atom stereocenters. The van der Waals surface area contributed by atoms with Crippen molar-refractivity contribution in [1.82, 2.24) is 9.80 Å². The van der Waals surface area contributed by atoms with E-state index in [-0.39, 0.29) is 5.91 Å². The Morgan fingerprint density at radius 2 is 1.64 bits per heavy atom. The van der Waals surface area contributed by atoms with Gasteiger partial charge < -0.3 is 20.4 Å². The number of nitrogens with zero attached hydrogens (tertiary/aromatic N) is 4. The maximum atomic E-state index is 12.0. The molecule has 0 aromatic heterocycles. The van der Waals surface area contributed by atoms with E-state index in [1.54, 1.807) is 0 Å². The molecule has 0 unspecified atom stereocenters. The van der Waals surface area contributed by atoms with Crippen LogP contribution in [0.5, 0.6) is 0 Å². The zero-order valence-corrected chi connectivity index (χ0v) is 15.3. The average Bonchev–Trinajstić information content (AvgIpc) is 3.17. The minimum Gasteiger partial charge on any atom is -0.370 e. The molecule has 3 rings (SSSR count). The number of anilines is 1. The van der Waals surface area contributed by atoms with Crippen LogP contribution in [0.1, 0.15) is 19.3 Å². The van der Waals surface area contributed by atoms with Crippen LogP contribution in [0.3, 0.4) is 0 Å². The molecule has 0 aliphatic carbocycles. The van der Waals surface area contributed by atoms with Gasteiger partial charge in [-0.3, -0.25) is 9.79 Å². The van der Waals surface area contributed by atoms with E-state index in [1.165, 1.54) is 5.69 Å². The van der Waals surface area contributed by atoms with Gasteiger partial charge in [-0.05, 0) is 37.1 Å². The molecule has 0 radical (unpaired) electrons. The SMILES string of the molecule is NC(=NCCC(=O)N1CCCC1)N1CCN(c2ccc(Cl)cc2)CC1. The van der Waals surface area contributed by atoms with E-state index < -0.39 is 0 Å².